The maximum atomic E-state index is 3.70. The van der Waals surface area contributed by atoms with Gasteiger partial charge in [-0.05, 0) is 12.5 Å². The predicted octanol–water partition coefficient (Wildman–Crippen LogP) is 2.63. The molecule has 0 unspecified atom stereocenters. The van der Waals surface area contributed by atoms with Gasteiger partial charge >= 0.3 is 0 Å². The Labute approximate surface area is 58.3 Å². The first-order valence-corrected chi connectivity index (χ1v) is 1.85. The summed E-state index contributed by atoms with van der Waals surface area (Å²) in [6.07, 6.45) is 3.62. The van der Waals surface area contributed by atoms with Crippen LogP contribution in [0.25, 0.3) is 0 Å². The number of H-pyrrole nitrogens is 1. The summed E-state index contributed by atoms with van der Waals surface area (Å²) >= 11 is 0. The molecule has 0 atom stereocenters. The summed E-state index contributed by atoms with van der Waals surface area (Å²) < 4.78 is 0. The third-order valence-corrected chi connectivity index (χ3v) is 0.635. The van der Waals surface area contributed by atoms with E-state index in [9.17, 15) is 0 Å². The molecule has 1 rings (SSSR count). The quantitative estimate of drug-likeness (QED) is 0.574. The summed E-state index contributed by atoms with van der Waals surface area (Å²) in [7, 11) is 0. The number of hydrogen-bond acceptors (Lipinski definition) is 1. The largest absolute Gasteiger partial charge is 0.285 e. The lowest BCUT2D eigenvalue weighted by molar-refractivity contribution is 1.09. The zero-order valence-corrected chi connectivity index (χ0v) is 3.60. The van der Waals surface area contributed by atoms with Gasteiger partial charge in [-0.25, -0.2) is 0 Å². The van der Waals surface area contributed by atoms with Crippen LogP contribution in [-0.2, 0) is 0 Å². The molecule has 1 aromatic heterocycles. The molecule has 0 aliphatic rings. The molecule has 0 fully saturated rings. The smallest absolute Gasteiger partial charge is 0.0516 e. The average molecular weight is 130 g/mol. The Morgan fingerprint density at radius 2 is 1.89 bits per heavy atom. The van der Waals surface area contributed by atoms with Gasteiger partial charge in [0.25, 0.3) is 0 Å². The number of rotatable bonds is 0. The Bertz CT molecular complexity index is 110. The van der Waals surface area contributed by atoms with Gasteiger partial charge in [0.1, 0.15) is 0 Å². The topological polar surface area (TPSA) is 28.7 Å². The summed E-state index contributed by atoms with van der Waals surface area (Å²) in [6.45, 7) is 1.99. The van der Waals surface area contributed by atoms with Crippen molar-refractivity contribution in [3.8, 4) is 0 Å². The van der Waals surface area contributed by atoms with E-state index in [4.69, 9.17) is 0 Å². The van der Waals surface area contributed by atoms with Crippen LogP contribution < -0.4 is 0 Å². The van der Waals surface area contributed by atoms with Gasteiger partial charge in [-0.2, -0.15) is 5.10 Å². The van der Waals surface area contributed by atoms with Crippen molar-refractivity contribution >= 4 is 0 Å². The minimum absolute atomic E-state index is 0. The molecule has 56 valence electrons. The SMILES string of the molecule is C.C.C.Cc1cn[nH]c1. The van der Waals surface area contributed by atoms with Crippen LogP contribution in [0.1, 0.15) is 27.8 Å². The van der Waals surface area contributed by atoms with Crippen LogP contribution in [0.4, 0.5) is 0 Å². The first-order valence-electron chi connectivity index (χ1n) is 1.85. The van der Waals surface area contributed by atoms with Gasteiger partial charge in [-0.3, -0.25) is 5.10 Å². The van der Waals surface area contributed by atoms with E-state index in [2.05, 4.69) is 10.2 Å². The van der Waals surface area contributed by atoms with Gasteiger partial charge in [-0.15, -0.1) is 0 Å². The second-order valence-corrected chi connectivity index (χ2v) is 1.28. The van der Waals surface area contributed by atoms with Gasteiger partial charge < -0.3 is 0 Å². The number of aromatic nitrogens is 2. The molecule has 2 nitrogen and oxygen atoms in total. The number of hydrogen-bond donors (Lipinski definition) is 1. The van der Waals surface area contributed by atoms with Crippen LogP contribution in [0.5, 0.6) is 0 Å². The first kappa shape index (κ1) is 15.7. The molecule has 0 radical (unpaired) electrons. The molecule has 0 saturated carbocycles. The lowest BCUT2D eigenvalue weighted by Crippen LogP contribution is -1.53. The van der Waals surface area contributed by atoms with Crippen molar-refractivity contribution in [2.75, 3.05) is 0 Å². The molecule has 0 aromatic carbocycles. The van der Waals surface area contributed by atoms with Crippen LogP contribution >= 0.6 is 0 Å². The van der Waals surface area contributed by atoms with E-state index in [1.54, 1.807) is 6.20 Å². The zero-order chi connectivity index (χ0) is 4.41. The first-order chi connectivity index (χ1) is 2.89. The Balaban J connectivity index is -0.000000120. The molecule has 0 bridgehead atoms. The second-order valence-electron chi connectivity index (χ2n) is 1.28. The fourth-order valence-corrected chi connectivity index (χ4v) is 0.315. The number of aryl methyl sites for hydroxylation is 1. The number of nitrogens with one attached hydrogen (secondary N) is 1. The van der Waals surface area contributed by atoms with Crippen LogP contribution in [0.15, 0.2) is 12.4 Å². The van der Waals surface area contributed by atoms with Gasteiger partial charge in [0, 0.05) is 6.20 Å². The van der Waals surface area contributed by atoms with Crippen LogP contribution in [0, 0.1) is 6.92 Å². The highest BCUT2D eigenvalue weighted by Crippen LogP contribution is 1.84. The van der Waals surface area contributed by atoms with Crippen molar-refractivity contribution in [1.29, 1.82) is 0 Å². The standard InChI is InChI=1S/C4H6N2.3CH4/c1-4-2-5-6-3-4;;;/h2-3H,1H3,(H,5,6);3*1H4. The third kappa shape index (κ3) is 5.07. The Morgan fingerprint density at radius 3 is 2.00 bits per heavy atom. The van der Waals surface area contributed by atoms with Crippen LogP contribution in [0.2, 0.25) is 0 Å². The molecule has 2 heteroatoms. The average Bonchev–Trinajstić information content (AvgIpc) is 1.86. The van der Waals surface area contributed by atoms with Crippen LogP contribution in [-0.4, -0.2) is 10.2 Å². The molecule has 9 heavy (non-hydrogen) atoms. The maximum absolute atomic E-state index is 3.70. The third-order valence-electron chi connectivity index (χ3n) is 0.635. The molecule has 0 saturated heterocycles. The molecule has 0 aliphatic carbocycles. The van der Waals surface area contributed by atoms with Gasteiger partial charge in [0.05, 0.1) is 6.20 Å². The Kier molecular flexibility index (Phi) is 12.6. The fraction of sp³-hybridized carbons (Fsp3) is 0.571. The monoisotopic (exact) mass is 130 g/mol. The Morgan fingerprint density at radius 1 is 1.33 bits per heavy atom. The Hall–Kier alpha value is -0.790. The van der Waals surface area contributed by atoms with Crippen molar-refractivity contribution in [3.63, 3.8) is 0 Å². The highest BCUT2D eigenvalue weighted by molar-refractivity contribution is 4.96. The van der Waals surface area contributed by atoms with E-state index < -0.39 is 0 Å². The molecule has 0 spiro atoms. The van der Waals surface area contributed by atoms with E-state index in [1.807, 2.05) is 13.1 Å². The van der Waals surface area contributed by atoms with Gasteiger partial charge in [0.15, 0.2) is 0 Å². The highest BCUT2D eigenvalue weighted by atomic mass is 15.1. The van der Waals surface area contributed by atoms with Gasteiger partial charge in [-0.1, -0.05) is 22.3 Å². The highest BCUT2D eigenvalue weighted by Gasteiger charge is 1.74. The summed E-state index contributed by atoms with van der Waals surface area (Å²) in [6, 6.07) is 0. The summed E-state index contributed by atoms with van der Waals surface area (Å²) in [4.78, 5) is 0. The minimum atomic E-state index is 0. The van der Waals surface area contributed by atoms with Crippen molar-refractivity contribution in [2.24, 2.45) is 0 Å². The number of nitrogens with zero attached hydrogens (tertiary/aromatic N) is 1. The van der Waals surface area contributed by atoms with Crippen molar-refractivity contribution in [3.05, 3.63) is 18.0 Å². The molecule has 1 aromatic rings. The summed E-state index contributed by atoms with van der Waals surface area (Å²) in [5.74, 6) is 0. The van der Waals surface area contributed by atoms with Crippen molar-refractivity contribution < 1.29 is 0 Å². The van der Waals surface area contributed by atoms with E-state index in [-0.39, 0.29) is 22.3 Å². The molecule has 0 aliphatic heterocycles. The normalized spacial score (nSPS) is 5.89. The van der Waals surface area contributed by atoms with E-state index >= 15 is 0 Å². The zero-order valence-electron chi connectivity index (χ0n) is 3.60. The summed E-state index contributed by atoms with van der Waals surface area (Å²) in [5.41, 5.74) is 1.18. The fourth-order valence-electron chi connectivity index (χ4n) is 0.315. The molecule has 1 N–H and O–H groups in total. The van der Waals surface area contributed by atoms with Crippen molar-refractivity contribution in [1.82, 2.24) is 10.2 Å². The van der Waals surface area contributed by atoms with Crippen molar-refractivity contribution in [2.45, 2.75) is 29.2 Å². The lowest BCUT2D eigenvalue weighted by atomic mass is 10.4. The molecule has 0 amide bonds. The second kappa shape index (κ2) is 7.21. The minimum Gasteiger partial charge on any atom is -0.285 e. The van der Waals surface area contributed by atoms with E-state index in [1.165, 1.54) is 5.56 Å². The van der Waals surface area contributed by atoms with E-state index in [0.717, 1.165) is 0 Å². The lowest BCUT2D eigenvalue weighted by Gasteiger charge is -1.62. The molecular formula is C7H18N2. The predicted molar refractivity (Wildman–Crippen MR) is 43.5 cm³/mol. The van der Waals surface area contributed by atoms with Crippen LogP contribution in [0.3, 0.4) is 0 Å². The van der Waals surface area contributed by atoms with E-state index in [0.29, 0.717) is 0 Å². The van der Waals surface area contributed by atoms with Gasteiger partial charge in [0.2, 0.25) is 0 Å². The summed E-state index contributed by atoms with van der Waals surface area (Å²) in [5, 5.41) is 6.38. The number of aromatic amines is 1. The molecular weight excluding hydrogens is 112 g/mol. The molecule has 1 heterocycles. The maximum Gasteiger partial charge on any atom is 0.0516 e.